The molecule has 7 nitrogen and oxygen atoms in total. The number of hydrogen-bond acceptors (Lipinski definition) is 6. The van der Waals surface area contributed by atoms with Gasteiger partial charge in [0.05, 0.1) is 0 Å². The minimum absolute atomic E-state index is 0.200. The van der Waals surface area contributed by atoms with Crippen molar-refractivity contribution >= 4 is 34.9 Å². The molecule has 3 aliphatic rings. The van der Waals surface area contributed by atoms with Crippen LogP contribution in [0.5, 0.6) is 0 Å². The summed E-state index contributed by atoms with van der Waals surface area (Å²) in [6.45, 7) is 5.13. The maximum atomic E-state index is 13.7. The van der Waals surface area contributed by atoms with E-state index in [1.807, 2.05) is 12.1 Å². The Kier molecular flexibility index (Phi) is 7.21. The number of nitrogens with zero attached hydrogens (tertiary/aromatic N) is 4. The molecular formula is C33H33FN6OS. The quantitative estimate of drug-likeness (QED) is 0.282. The van der Waals surface area contributed by atoms with E-state index in [0.29, 0.717) is 30.8 Å². The summed E-state index contributed by atoms with van der Waals surface area (Å²) in [5.41, 5.74) is 6.17. The third-order valence-corrected chi connectivity index (χ3v) is 8.99. The fraction of sp³-hybridized carbons (Fsp3) is 0.303. The Balaban J connectivity index is 1.12. The molecule has 7 rings (SSSR count). The first-order valence-corrected chi connectivity index (χ1v) is 14.9. The van der Waals surface area contributed by atoms with Crippen LogP contribution in [0.4, 0.5) is 22.0 Å². The van der Waals surface area contributed by atoms with Gasteiger partial charge in [-0.1, -0.05) is 60.7 Å². The van der Waals surface area contributed by atoms with Crippen LogP contribution < -0.4 is 20.4 Å². The van der Waals surface area contributed by atoms with Crippen LogP contribution >= 0.6 is 12.2 Å². The summed E-state index contributed by atoms with van der Waals surface area (Å²) in [6.07, 6.45) is 1.66. The third kappa shape index (κ3) is 5.42. The molecule has 0 radical (unpaired) electrons. The lowest BCUT2D eigenvalue weighted by Gasteiger charge is -2.38. The molecule has 2 N–H and O–H groups in total. The van der Waals surface area contributed by atoms with Crippen molar-refractivity contribution in [3.63, 3.8) is 0 Å². The Hall–Kier alpha value is -4.08. The fourth-order valence-corrected chi connectivity index (χ4v) is 6.48. The van der Waals surface area contributed by atoms with Crippen molar-refractivity contribution in [3.05, 3.63) is 112 Å². The molecule has 3 aromatic carbocycles. The predicted octanol–water partition coefficient (Wildman–Crippen LogP) is 5.69. The first kappa shape index (κ1) is 26.8. The monoisotopic (exact) mass is 580 g/mol. The minimum Gasteiger partial charge on any atom is -0.381 e. The van der Waals surface area contributed by atoms with Gasteiger partial charge < -0.3 is 25.2 Å². The molecule has 3 aliphatic heterocycles. The fourth-order valence-electron chi connectivity index (χ4n) is 6.32. The molecule has 4 aromatic rings. The molecule has 0 atom stereocenters. The zero-order chi connectivity index (χ0) is 28.5. The van der Waals surface area contributed by atoms with Crippen molar-refractivity contribution in [1.82, 2.24) is 15.3 Å². The van der Waals surface area contributed by atoms with Gasteiger partial charge in [-0.3, -0.25) is 0 Å². The Bertz CT molecular complexity index is 1480. The first-order chi connectivity index (χ1) is 20.5. The number of aromatic nitrogens is 2. The van der Waals surface area contributed by atoms with Crippen LogP contribution in [0.1, 0.15) is 40.7 Å². The largest absolute Gasteiger partial charge is 0.381 e. The van der Waals surface area contributed by atoms with Gasteiger partial charge in [-0.2, -0.15) is 9.97 Å². The smallest absolute Gasteiger partial charge is 0.232 e. The van der Waals surface area contributed by atoms with Crippen LogP contribution in [0.25, 0.3) is 0 Å². The number of nitrogens with one attached hydrogen (secondary N) is 2. The van der Waals surface area contributed by atoms with E-state index in [1.54, 1.807) is 0 Å². The second-order valence-corrected chi connectivity index (χ2v) is 11.8. The molecule has 4 heterocycles. The first-order valence-electron chi connectivity index (χ1n) is 14.5. The summed E-state index contributed by atoms with van der Waals surface area (Å²) < 4.78 is 19.4. The summed E-state index contributed by atoms with van der Waals surface area (Å²) in [4.78, 5) is 14.4. The number of ether oxygens (including phenoxy) is 1. The lowest BCUT2D eigenvalue weighted by molar-refractivity contribution is 0.0515. The minimum atomic E-state index is -0.235. The van der Waals surface area contributed by atoms with E-state index < -0.39 is 0 Å². The van der Waals surface area contributed by atoms with Gasteiger partial charge in [-0.25, -0.2) is 4.39 Å². The molecule has 0 amide bonds. The van der Waals surface area contributed by atoms with Crippen LogP contribution in [0.3, 0.4) is 0 Å². The molecule has 0 bridgehead atoms. The Labute approximate surface area is 250 Å². The average Bonchev–Trinajstić information content (AvgIpc) is 3.66. The van der Waals surface area contributed by atoms with Crippen molar-refractivity contribution in [2.75, 3.05) is 34.9 Å². The lowest BCUT2D eigenvalue weighted by atomic mass is 9.74. The predicted molar refractivity (Wildman–Crippen MR) is 167 cm³/mol. The Morgan fingerprint density at radius 3 is 1.79 bits per heavy atom. The van der Waals surface area contributed by atoms with Crippen molar-refractivity contribution in [3.8, 4) is 0 Å². The molecule has 0 spiro atoms. The number of halogens is 1. The van der Waals surface area contributed by atoms with Crippen LogP contribution in [0, 0.1) is 5.82 Å². The van der Waals surface area contributed by atoms with Gasteiger partial charge >= 0.3 is 0 Å². The van der Waals surface area contributed by atoms with Gasteiger partial charge in [0.2, 0.25) is 5.95 Å². The molecule has 0 aliphatic carbocycles. The summed E-state index contributed by atoms with van der Waals surface area (Å²) in [6, 6.07) is 26.0. The molecular weight excluding hydrogens is 547 g/mol. The second-order valence-electron chi connectivity index (χ2n) is 11.4. The standard InChI is InChI=1S/C33H33FN6OS/c34-28-11-9-27(10-12-28)33(13-15-41-16-14-33)22-35-32(42)38-31-36-29(39-18-23-5-1-2-6-24(23)19-39)17-30(37-31)40-20-25-7-3-4-8-26(25)21-40/h1-12,17H,13-16,18-22H2,(H2,35,36,37,38,42). The Morgan fingerprint density at radius 2 is 1.29 bits per heavy atom. The molecule has 9 heteroatoms. The topological polar surface area (TPSA) is 65.6 Å². The highest BCUT2D eigenvalue weighted by Gasteiger charge is 2.35. The van der Waals surface area contributed by atoms with Crippen LogP contribution in [0.15, 0.2) is 78.9 Å². The highest BCUT2D eigenvalue weighted by molar-refractivity contribution is 7.80. The normalized spacial score (nSPS) is 17.1. The molecule has 214 valence electrons. The van der Waals surface area contributed by atoms with Gasteiger partial charge in [0, 0.05) is 57.4 Å². The van der Waals surface area contributed by atoms with Gasteiger partial charge in [0.25, 0.3) is 0 Å². The number of thiocarbonyl (C=S) groups is 1. The highest BCUT2D eigenvalue weighted by Crippen LogP contribution is 2.35. The van der Waals surface area contributed by atoms with E-state index in [0.717, 1.165) is 56.2 Å². The van der Waals surface area contributed by atoms with Crippen LogP contribution in [0.2, 0.25) is 0 Å². The van der Waals surface area contributed by atoms with Crippen LogP contribution in [-0.2, 0) is 36.3 Å². The van der Waals surface area contributed by atoms with Gasteiger partial charge in [-0.05, 0) is 65.0 Å². The van der Waals surface area contributed by atoms with Gasteiger partial charge in [0.15, 0.2) is 5.11 Å². The molecule has 1 saturated heterocycles. The molecule has 1 aromatic heterocycles. The van der Waals surface area contributed by atoms with E-state index >= 15 is 0 Å². The second kappa shape index (κ2) is 11.3. The molecule has 42 heavy (non-hydrogen) atoms. The zero-order valence-corrected chi connectivity index (χ0v) is 24.2. The van der Waals surface area contributed by atoms with E-state index in [2.05, 4.69) is 75.0 Å². The number of fused-ring (bicyclic) bond motifs is 2. The van der Waals surface area contributed by atoms with Crippen molar-refractivity contribution in [2.24, 2.45) is 0 Å². The maximum absolute atomic E-state index is 13.7. The average molecular weight is 581 g/mol. The van der Waals surface area contributed by atoms with Crippen molar-refractivity contribution < 1.29 is 9.13 Å². The Morgan fingerprint density at radius 1 is 0.786 bits per heavy atom. The molecule has 0 saturated carbocycles. The van der Waals surface area contributed by atoms with E-state index in [-0.39, 0.29) is 11.2 Å². The van der Waals surface area contributed by atoms with Crippen molar-refractivity contribution in [1.29, 1.82) is 0 Å². The molecule has 0 unspecified atom stereocenters. The summed E-state index contributed by atoms with van der Waals surface area (Å²) >= 11 is 5.77. The summed E-state index contributed by atoms with van der Waals surface area (Å²) in [5, 5.41) is 7.17. The lowest BCUT2D eigenvalue weighted by Crippen LogP contribution is -2.45. The van der Waals surface area contributed by atoms with E-state index in [9.17, 15) is 4.39 Å². The number of hydrogen-bond donors (Lipinski definition) is 2. The van der Waals surface area contributed by atoms with E-state index in [1.165, 1.54) is 34.4 Å². The maximum Gasteiger partial charge on any atom is 0.232 e. The number of rotatable bonds is 6. The highest BCUT2D eigenvalue weighted by atomic mass is 32.1. The van der Waals surface area contributed by atoms with Crippen LogP contribution in [-0.4, -0.2) is 34.8 Å². The zero-order valence-electron chi connectivity index (χ0n) is 23.4. The number of benzene rings is 3. The van der Waals surface area contributed by atoms with Crippen molar-refractivity contribution in [2.45, 2.75) is 44.4 Å². The SMILES string of the molecule is Fc1ccc(C2(CNC(=S)Nc3nc(N4Cc5ccccc5C4)cc(N4Cc5ccccc5C4)n3)CCOCC2)cc1. The number of anilines is 3. The van der Waals surface area contributed by atoms with Gasteiger partial charge in [-0.15, -0.1) is 0 Å². The van der Waals surface area contributed by atoms with E-state index in [4.69, 9.17) is 26.9 Å². The molecule has 1 fully saturated rings. The van der Waals surface area contributed by atoms with Gasteiger partial charge in [0.1, 0.15) is 17.5 Å². The third-order valence-electron chi connectivity index (χ3n) is 8.75. The summed E-state index contributed by atoms with van der Waals surface area (Å²) in [5.74, 6) is 1.96. The summed E-state index contributed by atoms with van der Waals surface area (Å²) in [7, 11) is 0.